The van der Waals surface area contributed by atoms with E-state index in [-0.39, 0.29) is 5.56 Å². The number of pyridine rings is 1. The number of fused-ring (bicyclic) bond motifs is 1. The number of rotatable bonds is 4. The van der Waals surface area contributed by atoms with E-state index < -0.39 is 5.91 Å². The van der Waals surface area contributed by atoms with Gasteiger partial charge in [-0.05, 0) is 31.4 Å². The van der Waals surface area contributed by atoms with Gasteiger partial charge in [-0.3, -0.25) is 4.79 Å². The van der Waals surface area contributed by atoms with Crippen LogP contribution in [-0.4, -0.2) is 45.8 Å². The average Bonchev–Trinajstić information content (AvgIpc) is 3.19. The summed E-state index contributed by atoms with van der Waals surface area (Å²) in [5.74, 6) is 1.28. The Morgan fingerprint density at radius 3 is 2.26 bits per heavy atom. The topological polar surface area (TPSA) is 119 Å². The van der Waals surface area contributed by atoms with Crippen LogP contribution in [0.2, 0.25) is 0 Å². The van der Waals surface area contributed by atoms with Crippen LogP contribution in [0, 0.1) is 0 Å². The fraction of sp³-hybridized carbons (Fsp3) is 0.455. The molecule has 1 aliphatic carbocycles. The summed E-state index contributed by atoms with van der Waals surface area (Å²) in [5.41, 5.74) is 5.98. The van der Waals surface area contributed by atoms with Gasteiger partial charge in [0, 0.05) is 32.5 Å². The first-order chi connectivity index (χ1) is 15.2. The predicted octanol–water partition coefficient (Wildman–Crippen LogP) is 3.76. The number of ether oxygens (including phenoxy) is 1. The molecule has 1 saturated heterocycles. The number of aromatic nitrogens is 4. The Kier molecular flexibility index (Phi) is 8.59. The van der Waals surface area contributed by atoms with Gasteiger partial charge in [0.15, 0.2) is 5.65 Å². The van der Waals surface area contributed by atoms with Crippen molar-refractivity contribution >= 4 is 29.0 Å². The van der Waals surface area contributed by atoms with Crippen LogP contribution in [0.15, 0.2) is 36.7 Å². The first kappa shape index (κ1) is 22.5. The monoisotopic (exact) mass is 425 g/mol. The third-order valence-electron chi connectivity index (χ3n) is 4.99. The molecule has 0 atom stereocenters. The van der Waals surface area contributed by atoms with E-state index in [2.05, 4.69) is 25.7 Å². The zero-order chi connectivity index (χ0) is 21.9. The summed E-state index contributed by atoms with van der Waals surface area (Å²) in [4.78, 5) is 20.0. The highest BCUT2D eigenvalue weighted by Gasteiger charge is 2.14. The molecule has 4 heterocycles. The maximum Gasteiger partial charge on any atom is 0.254 e. The average molecular weight is 426 g/mol. The van der Waals surface area contributed by atoms with E-state index in [4.69, 9.17) is 10.5 Å². The van der Waals surface area contributed by atoms with Crippen LogP contribution in [0.1, 0.15) is 55.3 Å². The van der Waals surface area contributed by atoms with Gasteiger partial charge < -0.3 is 21.1 Å². The second kappa shape index (κ2) is 11.8. The van der Waals surface area contributed by atoms with Crippen molar-refractivity contribution in [3.8, 4) is 0 Å². The highest BCUT2D eigenvalue weighted by Crippen LogP contribution is 2.20. The molecule has 3 aromatic rings. The van der Waals surface area contributed by atoms with Crippen LogP contribution in [0.5, 0.6) is 0 Å². The van der Waals surface area contributed by atoms with E-state index in [0.29, 0.717) is 23.1 Å². The van der Waals surface area contributed by atoms with Crippen molar-refractivity contribution in [1.29, 1.82) is 0 Å². The fourth-order valence-electron chi connectivity index (χ4n) is 2.88. The summed E-state index contributed by atoms with van der Waals surface area (Å²) in [6.45, 7) is 2.00. The lowest BCUT2D eigenvalue weighted by atomic mass is 10.0. The number of carbonyl (C=O) groups excluding carboxylic acids is 1. The molecule has 2 fully saturated rings. The summed E-state index contributed by atoms with van der Waals surface area (Å²) in [6.07, 6.45) is 13.0. The molecule has 166 valence electrons. The Morgan fingerprint density at radius 1 is 1.06 bits per heavy atom. The molecule has 0 bridgehead atoms. The van der Waals surface area contributed by atoms with Crippen LogP contribution in [-0.2, 0) is 4.74 Å². The van der Waals surface area contributed by atoms with Gasteiger partial charge in [-0.15, -0.1) is 0 Å². The first-order valence-electron chi connectivity index (χ1n) is 10.8. The minimum atomic E-state index is -0.575. The number of nitrogens with two attached hydrogens (primary N) is 1. The second-order valence-electron chi connectivity index (χ2n) is 7.36. The van der Waals surface area contributed by atoms with Crippen molar-refractivity contribution in [2.24, 2.45) is 5.73 Å². The van der Waals surface area contributed by atoms with Crippen molar-refractivity contribution in [2.75, 3.05) is 30.9 Å². The number of anilines is 3. The Balaban J connectivity index is 0.000000222. The van der Waals surface area contributed by atoms with Gasteiger partial charge in [-0.2, -0.15) is 9.61 Å². The summed E-state index contributed by atoms with van der Waals surface area (Å²) in [7, 11) is 1.75. The van der Waals surface area contributed by atoms with Gasteiger partial charge in [-0.1, -0.05) is 31.7 Å². The van der Waals surface area contributed by atoms with Gasteiger partial charge >= 0.3 is 0 Å². The molecule has 1 aliphatic heterocycles. The number of primary amides is 1. The van der Waals surface area contributed by atoms with Crippen LogP contribution in [0.4, 0.5) is 17.5 Å². The number of amides is 1. The van der Waals surface area contributed by atoms with Crippen LogP contribution in [0.25, 0.3) is 5.65 Å². The molecule has 9 heteroatoms. The van der Waals surface area contributed by atoms with E-state index in [1.807, 2.05) is 18.2 Å². The predicted molar refractivity (Wildman–Crippen MR) is 122 cm³/mol. The molecule has 0 aromatic carbocycles. The van der Waals surface area contributed by atoms with Gasteiger partial charge in [0.1, 0.15) is 23.0 Å². The van der Waals surface area contributed by atoms with E-state index in [1.165, 1.54) is 55.7 Å². The minimum Gasteiger partial charge on any atom is -0.381 e. The van der Waals surface area contributed by atoms with Crippen molar-refractivity contribution in [3.63, 3.8) is 0 Å². The van der Waals surface area contributed by atoms with Gasteiger partial charge in [-0.25, -0.2) is 9.97 Å². The highest BCUT2D eigenvalue weighted by molar-refractivity contribution is 5.98. The molecule has 2 aliphatic rings. The number of hydrogen-bond donors (Lipinski definition) is 3. The van der Waals surface area contributed by atoms with Gasteiger partial charge in [0.05, 0.1) is 6.20 Å². The molecule has 5 rings (SSSR count). The maximum absolute atomic E-state index is 11.4. The second-order valence-corrected chi connectivity index (χ2v) is 7.36. The van der Waals surface area contributed by atoms with Crippen LogP contribution < -0.4 is 16.4 Å². The number of nitrogens with one attached hydrogen (secondary N) is 2. The molecule has 31 heavy (non-hydrogen) atoms. The van der Waals surface area contributed by atoms with Crippen LogP contribution in [0.3, 0.4) is 0 Å². The number of hydrogen-bond acceptors (Lipinski definition) is 7. The highest BCUT2D eigenvalue weighted by atomic mass is 16.5. The molecule has 1 amide bonds. The van der Waals surface area contributed by atoms with Crippen molar-refractivity contribution in [3.05, 3.63) is 42.2 Å². The SMILES string of the molecule is C1CCC1.C1CCOCC1.CNc1cc(Nc2ccccn2)nc2c(C(N)=O)cnn12. The molecule has 0 unspecified atom stereocenters. The van der Waals surface area contributed by atoms with E-state index in [9.17, 15) is 4.79 Å². The fourth-order valence-corrected chi connectivity index (χ4v) is 2.88. The molecular formula is C22H31N7O2. The minimum absolute atomic E-state index is 0.260. The summed E-state index contributed by atoms with van der Waals surface area (Å²) in [6, 6.07) is 7.26. The van der Waals surface area contributed by atoms with Crippen molar-refractivity contribution in [2.45, 2.75) is 44.9 Å². The van der Waals surface area contributed by atoms with E-state index in [0.717, 1.165) is 13.2 Å². The molecule has 0 spiro atoms. The van der Waals surface area contributed by atoms with Crippen molar-refractivity contribution in [1.82, 2.24) is 19.6 Å². The number of nitrogens with zero attached hydrogens (tertiary/aromatic N) is 4. The smallest absolute Gasteiger partial charge is 0.254 e. The zero-order valence-corrected chi connectivity index (χ0v) is 18.0. The Morgan fingerprint density at radius 2 is 1.77 bits per heavy atom. The van der Waals surface area contributed by atoms with Gasteiger partial charge in [0.25, 0.3) is 5.91 Å². The lowest BCUT2D eigenvalue weighted by molar-refractivity contribution is 0.0968. The first-order valence-corrected chi connectivity index (χ1v) is 10.8. The normalized spacial score (nSPS) is 14.9. The van der Waals surface area contributed by atoms with Gasteiger partial charge in [0.2, 0.25) is 0 Å². The van der Waals surface area contributed by atoms with E-state index >= 15 is 0 Å². The third-order valence-corrected chi connectivity index (χ3v) is 4.99. The zero-order valence-electron chi connectivity index (χ0n) is 18.0. The van der Waals surface area contributed by atoms with Crippen LogP contribution >= 0.6 is 0 Å². The molecule has 9 nitrogen and oxygen atoms in total. The quantitative estimate of drug-likeness (QED) is 0.582. The largest absolute Gasteiger partial charge is 0.381 e. The van der Waals surface area contributed by atoms with E-state index in [1.54, 1.807) is 19.3 Å². The molecule has 3 aromatic heterocycles. The molecular weight excluding hydrogens is 394 g/mol. The maximum atomic E-state index is 11.4. The molecule has 4 N–H and O–H groups in total. The standard InChI is InChI=1S/C13H13N7O.C5H10O.C4H8/c1-15-11-6-10(18-9-4-2-3-5-16-9)19-13-8(12(14)21)7-17-20(11)13;1-2-4-6-5-3-1;1-2-4-3-1/h2-7,15H,1H3,(H2,14,21)(H,16,18,19);1-5H2;1-4H2. The third kappa shape index (κ3) is 6.65. The Hall–Kier alpha value is -3.20. The lowest BCUT2D eigenvalue weighted by Gasteiger charge is -2.09. The Labute approximate surface area is 182 Å². The summed E-state index contributed by atoms with van der Waals surface area (Å²) < 4.78 is 6.59. The molecule has 1 saturated carbocycles. The summed E-state index contributed by atoms with van der Waals surface area (Å²) >= 11 is 0. The summed E-state index contributed by atoms with van der Waals surface area (Å²) in [5, 5.41) is 10.2. The molecule has 0 radical (unpaired) electrons. The van der Waals surface area contributed by atoms with Crippen molar-refractivity contribution < 1.29 is 9.53 Å². The number of carbonyl (C=O) groups is 1. The Bertz CT molecular complexity index is 936. The lowest BCUT2D eigenvalue weighted by Crippen LogP contribution is -2.12.